The molecule has 7 heteroatoms. The molecule has 1 aromatic heterocycles. The topological polar surface area (TPSA) is 98.3 Å². The third kappa shape index (κ3) is 4.74. The number of nitrogens with one attached hydrogen (secondary N) is 2. The van der Waals surface area contributed by atoms with Crippen molar-refractivity contribution < 1.29 is 14.7 Å². The van der Waals surface area contributed by atoms with Crippen LogP contribution in [0.15, 0.2) is 30.3 Å². The van der Waals surface area contributed by atoms with E-state index >= 15 is 0 Å². The normalized spacial score (nSPS) is 17.0. The molecule has 0 spiro atoms. The van der Waals surface area contributed by atoms with Crippen molar-refractivity contribution in [3.8, 4) is 11.3 Å². The number of aryl methyl sites for hydroxylation is 1. The van der Waals surface area contributed by atoms with Crippen molar-refractivity contribution >= 4 is 11.8 Å². The van der Waals surface area contributed by atoms with E-state index in [1.807, 2.05) is 31.2 Å². The van der Waals surface area contributed by atoms with Crippen LogP contribution < -0.4 is 5.32 Å². The van der Waals surface area contributed by atoms with Crippen LogP contribution in [0, 0.1) is 12.8 Å². The first-order valence-corrected chi connectivity index (χ1v) is 9.39. The minimum Gasteiger partial charge on any atom is -0.396 e. The lowest BCUT2D eigenvalue weighted by Gasteiger charge is -2.31. The van der Waals surface area contributed by atoms with E-state index in [1.54, 1.807) is 11.0 Å². The Morgan fingerprint density at radius 1 is 1.33 bits per heavy atom. The summed E-state index contributed by atoms with van der Waals surface area (Å²) in [6, 6.07) is 9.74. The molecule has 3 N–H and O–H groups in total. The predicted octanol–water partition coefficient (Wildman–Crippen LogP) is 1.74. The molecular weight excluding hydrogens is 344 g/mol. The summed E-state index contributed by atoms with van der Waals surface area (Å²) in [5.41, 5.74) is 3.29. The number of likely N-dealkylation sites (tertiary alicyclic amines) is 1. The number of carbonyl (C=O) groups is 2. The van der Waals surface area contributed by atoms with Gasteiger partial charge in [-0.2, -0.15) is 5.10 Å². The van der Waals surface area contributed by atoms with Gasteiger partial charge in [-0.3, -0.25) is 14.7 Å². The van der Waals surface area contributed by atoms with Gasteiger partial charge in [0.1, 0.15) is 5.69 Å². The van der Waals surface area contributed by atoms with E-state index in [4.69, 9.17) is 5.11 Å². The molecule has 0 aliphatic carbocycles. The molecular formula is C20H26N4O3. The average Bonchev–Trinajstić information content (AvgIpc) is 3.18. The molecule has 2 aromatic rings. The summed E-state index contributed by atoms with van der Waals surface area (Å²) in [6.45, 7) is 3.58. The van der Waals surface area contributed by atoms with Gasteiger partial charge in [-0.05, 0) is 32.3 Å². The van der Waals surface area contributed by atoms with Gasteiger partial charge in [0.05, 0.1) is 11.6 Å². The van der Waals surface area contributed by atoms with Gasteiger partial charge in [0.25, 0.3) is 5.91 Å². The van der Waals surface area contributed by atoms with Crippen LogP contribution in [0.25, 0.3) is 11.3 Å². The number of piperidine rings is 1. The lowest BCUT2D eigenvalue weighted by atomic mass is 9.96. The van der Waals surface area contributed by atoms with Crippen LogP contribution in [-0.4, -0.2) is 58.3 Å². The van der Waals surface area contributed by atoms with Gasteiger partial charge >= 0.3 is 0 Å². The average molecular weight is 370 g/mol. The second-order valence-electron chi connectivity index (χ2n) is 6.99. The number of aromatic nitrogens is 2. The van der Waals surface area contributed by atoms with Gasteiger partial charge in [0, 0.05) is 31.8 Å². The number of rotatable bonds is 6. The lowest BCUT2D eigenvalue weighted by molar-refractivity contribution is -0.126. The number of H-pyrrole nitrogens is 1. The Balaban J connectivity index is 1.63. The molecule has 1 saturated heterocycles. The van der Waals surface area contributed by atoms with Crippen molar-refractivity contribution in [1.29, 1.82) is 0 Å². The Labute approximate surface area is 158 Å². The number of carbonyl (C=O) groups excluding carboxylic acids is 2. The number of hydrogen-bond donors (Lipinski definition) is 3. The van der Waals surface area contributed by atoms with Crippen molar-refractivity contribution in [3.05, 3.63) is 41.6 Å². The van der Waals surface area contributed by atoms with Crippen molar-refractivity contribution in [3.63, 3.8) is 0 Å². The minimum absolute atomic E-state index is 0.0501. The molecule has 0 bridgehead atoms. The molecule has 0 radical (unpaired) electrons. The molecule has 1 aliphatic rings. The number of aliphatic hydroxyl groups is 1. The van der Waals surface area contributed by atoms with E-state index < -0.39 is 0 Å². The van der Waals surface area contributed by atoms with Crippen LogP contribution in [0.5, 0.6) is 0 Å². The number of nitrogens with zero attached hydrogens (tertiary/aromatic N) is 2. The minimum atomic E-state index is -0.208. The van der Waals surface area contributed by atoms with E-state index in [1.165, 1.54) is 5.56 Å². The Morgan fingerprint density at radius 2 is 2.11 bits per heavy atom. The molecule has 1 aromatic carbocycles. The van der Waals surface area contributed by atoms with Gasteiger partial charge in [-0.25, -0.2) is 0 Å². The highest BCUT2D eigenvalue weighted by molar-refractivity contribution is 5.94. The summed E-state index contributed by atoms with van der Waals surface area (Å²) in [4.78, 5) is 26.8. The molecule has 7 nitrogen and oxygen atoms in total. The maximum atomic E-state index is 12.8. The summed E-state index contributed by atoms with van der Waals surface area (Å²) in [7, 11) is 0. The quantitative estimate of drug-likeness (QED) is 0.675. The third-order valence-electron chi connectivity index (χ3n) is 4.87. The molecule has 144 valence electrons. The standard InChI is InChI=1S/C20H26N4O3/c1-14-5-7-15(8-6-14)17-12-18(23-22-17)20(27)24-10-2-4-16(13-24)19(26)21-9-3-11-25/h5-8,12,16,25H,2-4,9-11,13H2,1H3,(H,21,26)(H,22,23). The SMILES string of the molecule is Cc1ccc(-c2cc(C(=O)N3CCCC(C(=O)NCCCO)C3)[nH]n2)cc1. The molecule has 1 fully saturated rings. The summed E-state index contributed by atoms with van der Waals surface area (Å²) >= 11 is 0. The lowest BCUT2D eigenvalue weighted by Crippen LogP contribution is -2.45. The summed E-state index contributed by atoms with van der Waals surface area (Å²) in [6.07, 6.45) is 2.10. The highest BCUT2D eigenvalue weighted by atomic mass is 16.3. The first kappa shape index (κ1) is 19.1. The van der Waals surface area contributed by atoms with E-state index in [0.717, 1.165) is 24.1 Å². The Hall–Kier alpha value is -2.67. The van der Waals surface area contributed by atoms with Gasteiger partial charge in [0.15, 0.2) is 0 Å². The number of aliphatic hydroxyl groups excluding tert-OH is 1. The van der Waals surface area contributed by atoms with E-state index in [2.05, 4.69) is 15.5 Å². The van der Waals surface area contributed by atoms with E-state index in [9.17, 15) is 9.59 Å². The third-order valence-corrected chi connectivity index (χ3v) is 4.87. The maximum Gasteiger partial charge on any atom is 0.271 e. The smallest absolute Gasteiger partial charge is 0.271 e. The van der Waals surface area contributed by atoms with Crippen LogP contribution in [0.2, 0.25) is 0 Å². The summed E-state index contributed by atoms with van der Waals surface area (Å²) in [5, 5.41) is 18.7. The van der Waals surface area contributed by atoms with E-state index in [-0.39, 0.29) is 24.3 Å². The van der Waals surface area contributed by atoms with Gasteiger partial charge in [-0.15, -0.1) is 0 Å². The maximum absolute atomic E-state index is 12.8. The van der Waals surface area contributed by atoms with E-state index in [0.29, 0.717) is 31.7 Å². The van der Waals surface area contributed by atoms with Crippen molar-refractivity contribution in [1.82, 2.24) is 20.4 Å². The fraction of sp³-hybridized carbons (Fsp3) is 0.450. The zero-order chi connectivity index (χ0) is 19.2. The van der Waals surface area contributed by atoms with Gasteiger partial charge in [-0.1, -0.05) is 29.8 Å². The Bertz CT molecular complexity index is 785. The number of benzene rings is 1. The van der Waals surface area contributed by atoms with Gasteiger partial charge < -0.3 is 15.3 Å². The molecule has 3 rings (SSSR count). The van der Waals surface area contributed by atoms with Crippen LogP contribution in [0.4, 0.5) is 0 Å². The second-order valence-corrected chi connectivity index (χ2v) is 6.99. The van der Waals surface area contributed by atoms with Crippen molar-refractivity contribution in [2.75, 3.05) is 26.2 Å². The van der Waals surface area contributed by atoms with Crippen LogP contribution in [0.3, 0.4) is 0 Å². The van der Waals surface area contributed by atoms with Crippen LogP contribution >= 0.6 is 0 Å². The van der Waals surface area contributed by atoms with Gasteiger partial charge in [0.2, 0.25) is 5.91 Å². The molecule has 1 unspecified atom stereocenters. The van der Waals surface area contributed by atoms with Crippen LogP contribution in [0.1, 0.15) is 35.3 Å². The fourth-order valence-electron chi connectivity index (χ4n) is 3.28. The predicted molar refractivity (Wildman–Crippen MR) is 102 cm³/mol. The Morgan fingerprint density at radius 3 is 2.85 bits per heavy atom. The second kappa shape index (κ2) is 8.81. The molecule has 2 amide bonds. The number of amides is 2. The molecule has 1 aliphatic heterocycles. The highest BCUT2D eigenvalue weighted by Crippen LogP contribution is 2.21. The zero-order valence-corrected chi connectivity index (χ0v) is 15.6. The molecule has 2 heterocycles. The van der Waals surface area contributed by atoms with Crippen molar-refractivity contribution in [2.45, 2.75) is 26.2 Å². The Kier molecular flexibility index (Phi) is 6.24. The number of aromatic amines is 1. The largest absolute Gasteiger partial charge is 0.396 e. The van der Waals surface area contributed by atoms with Crippen LogP contribution in [-0.2, 0) is 4.79 Å². The highest BCUT2D eigenvalue weighted by Gasteiger charge is 2.29. The monoisotopic (exact) mass is 370 g/mol. The first-order chi connectivity index (χ1) is 13.1. The summed E-state index contributed by atoms with van der Waals surface area (Å²) < 4.78 is 0. The van der Waals surface area contributed by atoms with Crippen molar-refractivity contribution in [2.24, 2.45) is 5.92 Å². The first-order valence-electron chi connectivity index (χ1n) is 9.39. The molecule has 1 atom stereocenters. The summed E-state index contributed by atoms with van der Waals surface area (Å²) in [5.74, 6) is -0.388. The number of hydrogen-bond acceptors (Lipinski definition) is 4. The zero-order valence-electron chi connectivity index (χ0n) is 15.6. The molecule has 27 heavy (non-hydrogen) atoms. The fourth-order valence-corrected chi connectivity index (χ4v) is 3.28. The molecule has 0 saturated carbocycles.